The molecule has 0 saturated heterocycles. The van der Waals surface area contributed by atoms with Gasteiger partial charge >= 0.3 is 0 Å². The van der Waals surface area contributed by atoms with Crippen molar-refractivity contribution in [3.63, 3.8) is 0 Å². The molecule has 0 radical (unpaired) electrons. The Bertz CT molecular complexity index is 508. The molecular weight excluding hydrogens is 259 g/mol. The van der Waals surface area contributed by atoms with Crippen LogP contribution in [0.5, 0.6) is 0 Å². The number of likely N-dealkylation sites (N-methyl/N-ethyl adjacent to an activating group) is 1. The summed E-state index contributed by atoms with van der Waals surface area (Å²) in [6.45, 7) is 1.97. The maximum Gasteiger partial charge on any atom is 0.242 e. The zero-order valence-electron chi connectivity index (χ0n) is 10.6. The van der Waals surface area contributed by atoms with Gasteiger partial charge in [-0.1, -0.05) is 0 Å². The lowest BCUT2D eigenvalue weighted by molar-refractivity contribution is 0.185. The van der Waals surface area contributed by atoms with Crippen molar-refractivity contribution in [3.8, 4) is 0 Å². The molecule has 18 heavy (non-hydrogen) atoms. The molecule has 0 amide bonds. The summed E-state index contributed by atoms with van der Waals surface area (Å²) in [5.41, 5.74) is 5.47. The van der Waals surface area contributed by atoms with Crippen molar-refractivity contribution in [3.05, 3.63) is 23.5 Å². The third kappa shape index (κ3) is 2.98. The molecule has 0 aromatic heterocycles. The van der Waals surface area contributed by atoms with Crippen LogP contribution < -0.4 is 5.73 Å². The fourth-order valence-electron chi connectivity index (χ4n) is 1.43. The fraction of sp³-hybridized carbons (Fsp3) is 0.455. The molecule has 0 aliphatic carbocycles. The Morgan fingerprint density at radius 2 is 2.06 bits per heavy atom. The van der Waals surface area contributed by atoms with Crippen LogP contribution in [0.2, 0.25) is 0 Å². The largest absolute Gasteiger partial charge is 0.396 e. The highest BCUT2D eigenvalue weighted by Gasteiger charge is 2.22. The topological polar surface area (TPSA) is 72.6 Å². The molecule has 0 unspecified atom stereocenters. The van der Waals surface area contributed by atoms with Crippen LogP contribution in [0, 0.1) is 12.7 Å². The quantitative estimate of drug-likeness (QED) is 0.814. The molecule has 0 atom stereocenters. The second-order valence-electron chi connectivity index (χ2n) is 3.96. The molecule has 2 N–H and O–H groups in total. The Balaban J connectivity index is 3.13. The predicted octanol–water partition coefficient (Wildman–Crippen LogP) is 0.983. The smallest absolute Gasteiger partial charge is 0.242 e. The lowest BCUT2D eigenvalue weighted by Crippen LogP contribution is -2.30. The van der Waals surface area contributed by atoms with Crippen LogP contribution in [0.3, 0.4) is 0 Å². The number of nitrogen functional groups attached to an aromatic ring is 1. The highest BCUT2D eigenvalue weighted by Crippen LogP contribution is 2.22. The summed E-state index contributed by atoms with van der Waals surface area (Å²) in [4.78, 5) is -0.0162. The van der Waals surface area contributed by atoms with Crippen LogP contribution in [-0.4, -0.2) is 40.0 Å². The highest BCUT2D eigenvalue weighted by atomic mass is 32.2. The molecular formula is C11H17FN2O3S. The van der Waals surface area contributed by atoms with Gasteiger partial charge in [-0.25, -0.2) is 12.8 Å². The van der Waals surface area contributed by atoms with E-state index in [0.29, 0.717) is 0 Å². The van der Waals surface area contributed by atoms with Crippen molar-refractivity contribution >= 4 is 15.7 Å². The molecule has 0 saturated carbocycles. The normalized spacial score (nSPS) is 12.1. The van der Waals surface area contributed by atoms with Crippen LogP contribution in [0.1, 0.15) is 5.56 Å². The van der Waals surface area contributed by atoms with Crippen LogP contribution in [-0.2, 0) is 14.8 Å². The second-order valence-corrected chi connectivity index (χ2v) is 6.01. The number of hydrogen-bond acceptors (Lipinski definition) is 4. The van der Waals surface area contributed by atoms with Crippen molar-refractivity contribution in [2.24, 2.45) is 0 Å². The van der Waals surface area contributed by atoms with Crippen LogP contribution in [0.25, 0.3) is 0 Å². The first-order valence-electron chi connectivity index (χ1n) is 5.31. The molecule has 0 heterocycles. The van der Waals surface area contributed by atoms with Crippen LogP contribution >= 0.6 is 0 Å². The molecule has 0 spiro atoms. The van der Waals surface area contributed by atoms with Gasteiger partial charge in [-0.2, -0.15) is 4.31 Å². The highest BCUT2D eigenvalue weighted by molar-refractivity contribution is 7.89. The summed E-state index contributed by atoms with van der Waals surface area (Å²) in [6, 6.07) is 2.39. The van der Waals surface area contributed by atoms with Crippen molar-refractivity contribution in [1.29, 1.82) is 0 Å². The fourth-order valence-corrected chi connectivity index (χ4v) is 2.71. The molecule has 102 valence electrons. The number of methoxy groups -OCH3 is 1. The van der Waals surface area contributed by atoms with Gasteiger partial charge in [0.1, 0.15) is 5.82 Å². The molecule has 0 aliphatic rings. The summed E-state index contributed by atoms with van der Waals surface area (Å²) < 4.78 is 43.6. The summed E-state index contributed by atoms with van der Waals surface area (Å²) >= 11 is 0. The minimum atomic E-state index is -3.67. The minimum absolute atomic E-state index is 0.0162. The SMILES string of the molecule is COCCN(C)S(=O)(=O)c1cc(C)c(F)c(N)c1. The van der Waals surface area contributed by atoms with E-state index in [1.54, 1.807) is 0 Å². The monoisotopic (exact) mass is 276 g/mol. The van der Waals surface area contributed by atoms with E-state index in [9.17, 15) is 12.8 Å². The van der Waals surface area contributed by atoms with Gasteiger partial charge in [-0.3, -0.25) is 0 Å². The van der Waals surface area contributed by atoms with Gasteiger partial charge in [0.2, 0.25) is 10.0 Å². The van der Waals surface area contributed by atoms with Gasteiger partial charge in [0, 0.05) is 20.7 Å². The average Bonchev–Trinajstić information content (AvgIpc) is 2.32. The molecule has 1 rings (SSSR count). The minimum Gasteiger partial charge on any atom is -0.396 e. The molecule has 7 heteroatoms. The summed E-state index contributed by atoms with van der Waals surface area (Å²) in [5, 5.41) is 0. The van der Waals surface area contributed by atoms with Crippen molar-refractivity contribution < 1.29 is 17.5 Å². The first kappa shape index (κ1) is 14.9. The summed E-state index contributed by atoms with van der Waals surface area (Å²) in [7, 11) is -0.746. The summed E-state index contributed by atoms with van der Waals surface area (Å²) in [5.74, 6) is -0.589. The molecule has 0 bridgehead atoms. The standard InChI is InChI=1S/C11H17FN2O3S/c1-8-6-9(7-10(13)11(8)12)18(15,16)14(2)4-5-17-3/h6-7H,4-5,13H2,1-3H3. The number of anilines is 1. The third-order valence-electron chi connectivity index (χ3n) is 2.57. The summed E-state index contributed by atoms with van der Waals surface area (Å²) in [6.07, 6.45) is 0. The first-order chi connectivity index (χ1) is 8.30. The number of halogens is 1. The Kier molecular flexibility index (Phi) is 4.66. The number of rotatable bonds is 5. The lowest BCUT2D eigenvalue weighted by Gasteiger charge is -2.17. The number of aryl methyl sites for hydroxylation is 1. The van der Waals surface area contributed by atoms with Crippen LogP contribution in [0.4, 0.5) is 10.1 Å². The number of sulfonamides is 1. The predicted molar refractivity (Wildman–Crippen MR) is 67.2 cm³/mol. The van der Waals surface area contributed by atoms with E-state index >= 15 is 0 Å². The lowest BCUT2D eigenvalue weighted by atomic mass is 10.2. The van der Waals surface area contributed by atoms with E-state index in [4.69, 9.17) is 10.5 Å². The van der Waals surface area contributed by atoms with Gasteiger partial charge in [0.15, 0.2) is 0 Å². The number of ether oxygens (including phenoxy) is 1. The molecule has 0 aliphatic heterocycles. The first-order valence-corrected chi connectivity index (χ1v) is 6.75. The zero-order chi connectivity index (χ0) is 13.9. The van der Waals surface area contributed by atoms with Gasteiger partial charge < -0.3 is 10.5 Å². The van der Waals surface area contributed by atoms with E-state index in [0.717, 1.165) is 10.4 Å². The van der Waals surface area contributed by atoms with E-state index in [-0.39, 0.29) is 29.3 Å². The Morgan fingerprint density at radius 3 is 2.56 bits per heavy atom. The van der Waals surface area contributed by atoms with Gasteiger partial charge in [-0.05, 0) is 24.6 Å². The van der Waals surface area contributed by atoms with E-state index < -0.39 is 15.8 Å². The van der Waals surface area contributed by atoms with Crippen molar-refractivity contribution in [1.82, 2.24) is 4.31 Å². The number of benzene rings is 1. The Labute approximate surface area is 106 Å². The average molecular weight is 276 g/mol. The second kappa shape index (κ2) is 5.64. The third-order valence-corrected chi connectivity index (χ3v) is 4.41. The zero-order valence-corrected chi connectivity index (χ0v) is 11.4. The Morgan fingerprint density at radius 1 is 1.44 bits per heavy atom. The number of nitrogens with zero attached hydrogens (tertiary/aromatic N) is 1. The van der Waals surface area contributed by atoms with Gasteiger partial charge in [0.25, 0.3) is 0 Å². The molecule has 5 nitrogen and oxygen atoms in total. The molecule has 1 aromatic carbocycles. The van der Waals surface area contributed by atoms with Crippen LogP contribution in [0.15, 0.2) is 17.0 Å². The van der Waals surface area contributed by atoms with E-state index in [1.807, 2.05) is 0 Å². The Hall–Kier alpha value is -1.18. The van der Waals surface area contributed by atoms with Crippen molar-refractivity contribution in [2.45, 2.75) is 11.8 Å². The van der Waals surface area contributed by atoms with Gasteiger partial charge in [0.05, 0.1) is 17.2 Å². The number of hydrogen-bond donors (Lipinski definition) is 1. The van der Waals surface area contributed by atoms with E-state index in [2.05, 4.69) is 0 Å². The van der Waals surface area contributed by atoms with E-state index in [1.165, 1.54) is 27.1 Å². The van der Waals surface area contributed by atoms with Gasteiger partial charge in [-0.15, -0.1) is 0 Å². The number of nitrogens with two attached hydrogens (primary N) is 1. The molecule has 0 fully saturated rings. The maximum absolute atomic E-state index is 13.3. The molecule has 1 aromatic rings. The van der Waals surface area contributed by atoms with Crippen molar-refractivity contribution in [2.75, 3.05) is 33.0 Å². The maximum atomic E-state index is 13.3.